The van der Waals surface area contributed by atoms with Crippen LogP contribution in [-0.2, 0) is 20.7 Å². The zero-order valence-electron chi connectivity index (χ0n) is 8.68. The van der Waals surface area contributed by atoms with Gasteiger partial charge in [-0.3, -0.25) is 4.79 Å². The lowest BCUT2D eigenvalue weighted by atomic mass is 10.00. The van der Waals surface area contributed by atoms with E-state index in [1.807, 2.05) is 30.3 Å². The van der Waals surface area contributed by atoms with Gasteiger partial charge in [0, 0.05) is 13.5 Å². The summed E-state index contributed by atoms with van der Waals surface area (Å²) in [5.41, 5.74) is 0.922. The lowest BCUT2D eigenvalue weighted by Gasteiger charge is -2.07. The smallest absolute Gasteiger partial charge is 0.149 e. The van der Waals surface area contributed by atoms with Gasteiger partial charge in [0.1, 0.15) is 12.1 Å². The molecule has 0 saturated carbocycles. The molecule has 0 spiro atoms. The van der Waals surface area contributed by atoms with E-state index >= 15 is 0 Å². The largest absolute Gasteiger partial charge is 0.383 e. The summed E-state index contributed by atoms with van der Waals surface area (Å²) in [6, 6.07) is 9.36. The highest BCUT2D eigenvalue weighted by Gasteiger charge is 2.17. The molecule has 0 bridgehead atoms. The Morgan fingerprint density at radius 3 is 2.60 bits per heavy atom. The summed E-state index contributed by atoms with van der Waals surface area (Å²) in [4.78, 5) is 22.2. The van der Waals surface area contributed by atoms with Crippen molar-refractivity contribution in [2.75, 3.05) is 13.7 Å². The van der Waals surface area contributed by atoms with Crippen LogP contribution < -0.4 is 0 Å². The van der Waals surface area contributed by atoms with Crippen molar-refractivity contribution in [2.24, 2.45) is 5.92 Å². The Balaban J connectivity index is 2.58. The Bertz CT molecular complexity index is 319. The minimum Gasteiger partial charge on any atom is -0.383 e. The van der Waals surface area contributed by atoms with Gasteiger partial charge in [-0.15, -0.1) is 0 Å². The fourth-order valence-corrected chi connectivity index (χ4v) is 1.32. The van der Waals surface area contributed by atoms with Gasteiger partial charge in [-0.05, 0) is 5.56 Å². The number of hydrogen-bond donors (Lipinski definition) is 0. The van der Waals surface area contributed by atoms with Crippen LogP contribution in [-0.4, -0.2) is 25.8 Å². The molecular weight excluding hydrogens is 192 g/mol. The number of Topliss-reactive ketones (excluding diaryl/α,β-unsaturated/α-hetero) is 1. The van der Waals surface area contributed by atoms with Crippen LogP contribution in [0.3, 0.4) is 0 Å². The summed E-state index contributed by atoms with van der Waals surface area (Å²) in [5.74, 6) is -0.742. The Morgan fingerprint density at radius 2 is 2.07 bits per heavy atom. The molecule has 0 heterocycles. The number of ketones is 1. The van der Waals surface area contributed by atoms with Crippen LogP contribution in [0.1, 0.15) is 5.56 Å². The molecule has 0 fully saturated rings. The summed E-state index contributed by atoms with van der Waals surface area (Å²) < 4.78 is 4.80. The van der Waals surface area contributed by atoms with E-state index in [1.54, 1.807) is 0 Å². The minimum absolute atomic E-state index is 0.0990. The maximum atomic E-state index is 11.6. The molecule has 1 aromatic rings. The molecule has 0 amide bonds. The van der Waals surface area contributed by atoms with E-state index in [0.717, 1.165) is 5.56 Å². The van der Waals surface area contributed by atoms with Crippen LogP contribution in [0.15, 0.2) is 30.3 Å². The van der Waals surface area contributed by atoms with Gasteiger partial charge in [0.05, 0.1) is 12.5 Å². The summed E-state index contributed by atoms with van der Waals surface area (Å²) >= 11 is 0. The molecule has 0 aliphatic rings. The van der Waals surface area contributed by atoms with Crippen LogP contribution in [0, 0.1) is 5.92 Å². The Morgan fingerprint density at radius 1 is 1.40 bits per heavy atom. The fraction of sp³-hybridized carbons (Fsp3) is 0.333. The normalized spacial score (nSPS) is 12.1. The van der Waals surface area contributed by atoms with Crippen LogP contribution in [0.4, 0.5) is 0 Å². The molecule has 1 atom stereocenters. The number of carbonyl (C=O) groups excluding carboxylic acids is 2. The monoisotopic (exact) mass is 206 g/mol. The van der Waals surface area contributed by atoms with Crippen LogP contribution in [0.5, 0.6) is 0 Å². The van der Waals surface area contributed by atoms with E-state index in [2.05, 4.69) is 0 Å². The highest BCUT2D eigenvalue weighted by atomic mass is 16.5. The Kier molecular flexibility index (Phi) is 4.71. The summed E-state index contributed by atoms with van der Waals surface area (Å²) in [6.07, 6.45) is 0.933. The van der Waals surface area contributed by atoms with Crippen molar-refractivity contribution >= 4 is 12.1 Å². The molecule has 0 N–H and O–H groups in total. The molecule has 3 heteroatoms. The molecule has 0 aliphatic heterocycles. The number of hydrogen-bond acceptors (Lipinski definition) is 3. The molecule has 1 rings (SSSR count). The Hall–Kier alpha value is -1.48. The van der Waals surface area contributed by atoms with Crippen molar-refractivity contribution in [2.45, 2.75) is 6.42 Å². The number of rotatable bonds is 6. The summed E-state index contributed by atoms with van der Waals surface area (Å²) in [7, 11) is 1.48. The first kappa shape index (κ1) is 11.6. The number of ether oxygens (including phenoxy) is 1. The predicted molar refractivity (Wildman–Crippen MR) is 56.6 cm³/mol. The first-order valence-corrected chi connectivity index (χ1v) is 4.78. The fourth-order valence-electron chi connectivity index (χ4n) is 1.32. The van der Waals surface area contributed by atoms with Gasteiger partial charge in [-0.1, -0.05) is 30.3 Å². The van der Waals surface area contributed by atoms with Crippen molar-refractivity contribution in [1.29, 1.82) is 0 Å². The SMILES string of the molecule is COCC(C=O)C(=O)Cc1ccccc1. The Labute approximate surface area is 89.1 Å². The van der Waals surface area contributed by atoms with Crippen LogP contribution >= 0.6 is 0 Å². The molecular formula is C12H14O3. The maximum Gasteiger partial charge on any atom is 0.149 e. The van der Waals surface area contributed by atoms with E-state index in [-0.39, 0.29) is 18.8 Å². The van der Waals surface area contributed by atoms with Gasteiger partial charge in [0.2, 0.25) is 0 Å². The molecule has 15 heavy (non-hydrogen) atoms. The molecule has 0 aliphatic carbocycles. The second-order valence-electron chi connectivity index (χ2n) is 3.33. The van der Waals surface area contributed by atoms with Crippen molar-refractivity contribution in [3.63, 3.8) is 0 Å². The van der Waals surface area contributed by atoms with E-state index in [9.17, 15) is 9.59 Å². The maximum absolute atomic E-state index is 11.6. The number of aldehydes is 1. The standard InChI is InChI=1S/C12H14O3/c1-15-9-11(8-13)12(14)7-10-5-3-2-4-6-10/h2-6,8,11H,7,9H2,1H3. The van der Waals surface area contributed by atoms with Gasteiger partial charge >= 0.3 is 0 Å². The van der Waals surface area contributed by atoms with Gasteiger partial charge in [-0.2, -0.15) is 0 Å². The second kappa shape index (κ2) is 6.09. The zero-order chi connectivity index (χ0) is 11.1. The number of benzene rings is 1. The molecule has 0 radical (unpaired) electrons. The van der Waals surface area contributed by atoms with Crippen molar-refractivity contribution in [3.8, 4) is 0 Å². The minimum atomic E-state index is -0.643. The first-order valence-electron chi connectivity index (χ1n) is 4.78. The second-order valence-corrected chi connectivity index (χ2v) is 3.33. The van der Waals surface area contributed by atoms with Crippen molar-refractivity contribution in [1.82, 2.24) is 0 Å². The third-order valence-electron chi connectivity index (χ3n) is 2.15. The first-order chi connectivity index (χ1) is 7.27. The molecule has 0 saturated heterocycles. The topological polar surface area (TPSA) is 43.4 Å². The van der Waals surface area contributed by atoms with Gasteiger partial charge in [-0.25, -0.2) is 0 Å². The highest BCUT2D eigenvalue weighted by Crippen LogP contribution is 2.05. The molecule has 80 valence electrons. The third-order valence-corrected chi connectivity index (χ3v) is 2.15. The zero-order valence-corrected chi connectivity index (χ0v) is 8.68. The van der Waals surface area contributed by atoms with E-state index in [1.165, 1.54) is 7.11 Å². The van der Waals surface area contributed by atoms with E-state index in [0.29, 0.717) is 6.29 Å². The van der Waals surface area contributed by atoms with E-state index < -0.39 is 5.92 Å². The molecule has 0 aromatic heterocycles. The number of methoxy groups -OCH3 is 1. The average Bonchev–Trinajstić information content (AvgIpc) is 2.27. The van der Waals surface area contributed by atoms with Crippen molar-refractivity contribution < 1.29 is 14.3 Å². The van der Waals surface area contributed by atoms with Crippen molar-refractivity contribution in [3.05, 3.63) is 35.9 Å². The predicted octanol–water partition coefficient (Wildman–Crippen LogP) is 1.26. The highest BCUT2D eigenvalue weighted by molar-refractivity contribution is 5.94. The van der Waals surface area contributed by atoms with Crippen LogP contribution in [0.2, 0.25) is 0 Å². The van der Waals surface area contributed by atoms with E-state index in [4.69, 9.17) is 4.74 Å². The molecule has 1 aromatic carbocycles. The lowest BCUT2D eigenvalue weighted by molar-refractivity contribution is -0.128. The van der Waals surface area contributed by atoms with Gasteiger partial charge in [0.15, 0.2) is 0 Å². The van der Waals surface area contributed by atoms with Gasteiger partial charge < -0.3 is 9.53 Å². The average molecular weight is 206 g/mol. The molecule has 1 unspecified atom stereocenters. The molecule has 3 nitrogen and oxygen atoms in total. The van der Waals surface area contributed by atoms with Crippen LogP contribution in [0.25, 0.3) is 0 Å². The lowest BCUT2D eigenvalue weighted by Crippen LogP contribution is -2.22. The third kappa shape index (κ3) is 3.64. The summed E-state index contributed by atoms with van der Waals surface area (Å²) in [6.45, 7) is 0.162. The summed E-state index contributed by atoms with van der Waals surface area (Å²) in [5, 5.41) is 0. The van der Waals surface area contributed by atoms with Gasteiger partial charge in [0.25, 0.3) is 0 Å². The quantitative estimate of drug-likeness (QED) is 0.520. The number of carbonyl (C=O) groups is 2.